The summed E-state index contributed by atoms with van der Waals surface area (Å²) >= 11 is 0. The van der Waals surface area contributed by atoms with Crippen LogP contribution in [-0.2, 0) is 4.74 Å². The standard InChI is InChI=1S/C9H12F3N3O2/c1-16-7-4-14-8(15-5-7)13-2-3-17-6-9(10,11)12/h4-5H,2-3,6H2,1H3,(H,13,14,15). The summed E-state index contributed by atoms with van der Waals surface area (Å²) in [6.45, 7) is -1.13. The van der Waals surface area contributed by atoms with E-state index >= 15 is 0 Å². The van der Waals surface area contributed by atoms with Gasteiger partial charge in [0.15, 0.2) is 5.75 Å². The molecule has 1 heterocycles. The van der Waals surface area contributed by atoms with Gasteiger partial charge in [-0.05, 0) is 0 Å². The van der Waals surface area contributed by atoms with E-state index in [-0.39, 0.29) is 13.2 Å². The second kappa shape index (κ2) is 6.24. The lowest BCUT2D eigenvalue weighted by atomic mass is 10.6. The van der Waals surface area contributed by atoms with Gasteiger partial charge in [0.25, 0.3) is 0 Å². The van der Waals surface area contributed by atoms with Gasteiger partial charge >= 0.3 is 6.18 Å². The van der Waals surface area contributed by atoms with Crippen molar-refractivity contribution in [3.8, 4) is 5.75 Å². The first-order valence-electron chi connectivity index (χ1n) is 4.75. The molecule has 0 saturated carbocycles. The number of nitrogens with zero attached hydrogens (tertiary/aromatic N) is 2. The van der Waals surface area contributed by atoms with Crippen LogP contribution in [0, 0.1) is 0 Å². The Kier molecular flexibility index (Phi) is 4.95. The molecule has 0 spiro atoms. The van der Waals surface area contributed by atoms with Crippen molar-refractivity contribution in [2.75, 3.05) is 32.2 Å². The molecule has 0 unspecified atom stereocenters. The van der Waals surface area contributed by atoms with Crippen molar-refractivity contribution in [3.05, 3.63) is 12.4 Å². The maximum Gasteiger partial charge on any atom is 0.411 e. The second-order valence-electron chi connectivity index (χ2n) is 3.04. The van der Waals surface area contributed by atoms with Crippen molar-refractivity contribution in [2.24, 2.45) is 0 Å². The number of alkyl halides is 3. The van der Waals surface area contributed by atoms with Crippen LogP contribution in [-0.4, -0.2) is 43.0 Å². The van der Waals surface area contributed by atoms with Gasteiger partial charge in [0.2, 0.25) is 5.95 Å². The van der Waals surface area contributed by atoms with Crippen LogP contribution in [0.4, 0.5) is 19.1 Å². The number of anilines is 1. The number of aromatic nitrogens is 2. The Morgan fingerprint density at radius 3 is 2.47 bits per heavy atom. The number of hydrogen-bond acceptors (Lipinski definition) is 5. The summed E-state index contributed by atoms with van der Waals surface area (Å²) < 4.78 is 44.4. The van der Waals surface area contributed by atoms with Crippen LogP contribution in [0.3, 0.4) is 0 Å². The zero-order valence-corrected chi connectivity index (χ0v) is 9.12. The molecule has 8 heteroatoms. The predicted molar refractivity (Wildman–Crippen MR) is 53.9 cm³/mol. The quantitative estimate of drug-likeness (QED) is 0.776. The average Bonchev–Trinajstić information content (AvgIpc) is 2.28. The molecule has 0 radical (unpaired) electrons. The van der Waals surface area contributed by atoms with Gasteiger partial charge < -0.3 is 14.8 Å². The van der Waals surface area contributed by atoms with E-state index < -0.39 is 12.8 Å². The zero-order chi connectivity index (χ0) is 12.7. The minimum absolute atomic E-state index is 0.0745. The molecule has 0 saturated heterocycles. The number of halogens is 3. The van der Waals surface area contributed by atoms with Crippen molar-refractivity contribution in [1.82, 2.24) is 9.97 Å². The SMILES string of the molecule is COc1cnc(NCCOCC(F)(F)F)nc1. The molecule has 5 nitrogen and oxygen atoms in total. The Bertz CT molecular complexity index is 329. The van der Waals surface area contributed by atoms with E-state index in [9.17, 15) is 13.2 Å². The Morgan fingerprint density at radius 2 is 1.94 bits per heavy atom. The second-order valence-corrected chi connectivity index (χ2v) is 3.04. The Labute approximate surface area is 96.0 Å². The summed E-state index contributed by atoms with van der Waals surface area (Å²) in [6, 6.07) is 0. The Balaban J connectivity index is 2.18. The van der Waals surface area contributed by atoms with Crippen molar-refractivity contribution in [2.45, 2.75) is 6.18 Å². The fourth-order valence-electron chi connectivity index (χ4n) is 0.936. The lowest BCUT2D eigenvalue weighted by Crippen LogP contribution is -2.20. The zero-order valence-electron chi connectivity index (χ0n) is 9.12. The first-order valence-corrected chi connectivity index (χ1v) is 4.75. The van der Waals surface area contributed by atoms with Crippen LogP contribution >= 0.6 is 0 Å². The lowest BCUT2D eigenvalue weighted by Gasteiger charge is -2.08. The highest BCUT2D eigenvalue weighted by molar-refractivity contribution is 5.26. The molecule has 96 valence electrons. The third-order valence-electron chi connectivity index (χ3n) is 1.66. The topological polar surface area (TPSA) is 56.3 Å². The van der Waals surface area contributed by atoms with E-state index in [1.54, 1.807) is 0 Å². The van der Waals surface area contributed by atoms with E-state index in [0.29, 0.717) is 11.7 Å². The number of rotatable bonds is 6. The van der Waals surface area contributed by atoms with Gasteiger partial charge in [0.1, 0.15) is 6.61 Å². The molecule has 0 atom stereocenters. The highest BCUT2D eigenvalue weighted by Gasteiger charge is 2.27. The van der Waals surface area contributed by atoms with Gasteiger partial charge in [-0.25, -0.2) is 9.97 Å². The first kappa shape index (κ1) is 13.5. The van der Waals surface area contributed by atoms with Crippen LogP contribution in [0.15, 0.2) is 12.4 Å². The molecule has 1 aromatic rings. The largest absolute Gasteiger partial charge is 0.494 e. The molecule has 1 N–H and O–H groups in total. The fourth-order valence-corrected chi connectivity index (χ4v) is 0.936. The Morgan fingerprint density at radius 1 is 1.29 bits per heavy atom. The van der Waals surface area contributed by atoms with Crippen LogP contribution in [0.5, 0.6) is 5.75 Å². The predicted octanol–water partition coefficient (Wildman–Crippen LogP) is 1.48. The molecular weight excluding hydrogens is 239 g/mol. The van der Waals surface area contributed by atoms with Crippen molar-refractivity contribution in [3.63, 3.8) is 0 Å². The molecule has 0 bridgehead atoms. The Hall–Kier alpha value is -1.57. The summed E-state index contributed by atoms with van der Waals surface area (Å²) in [7, 11) is 1.48. The minimum Gasteiger partial charge on any atom is -0.494 e. The first-order chi connectivity index (χ1) is 8.01. The molecule has 0 aromatic carbocycles. The van der Waals surface area contributed by atoms with Gasteiger partial charge in [0.05, 0.1) is 26.1 Å². The highest BCUT2D eigenvalue weighted by Crippen LogP contribution is 2.14. The van der Waals surface area contributed by atoms with E-state index in [4.69, 9.17) is 4.74 Å². The molecule has 0 aliphatic heterocycles. The summed E-state index contributed by atoms with van der Waals surface area (Å²) in [5.74, 6) is 0.810. The summed E-state index contributed by atoms with van der Waals surface area (Å²) in [5, 5.41) is 2.71. The fraction of sp³-hybridized carbons (Fsp3) is 0.556. The molecular formula is C9H12F3N3O2. The maximum absolute atomic E-state index is 11.7. The van der Waals surface area contributed by atoms with Gasteiger partial charge in [-0.15, -0.1) is 0 Å². The maximum atomic E-state index is 11.7. The third kappa shape index (κ3) is 5.91. The molecule has 0 aliphatic carbocycles. The minimum atomic E-state index is -4.30. The average molecular weight is 251 g/mol. The molecule has 0 aliphatic rings. The number of methoxy groups -OCH3 is 1. The molecule has 0 amide bonds. The van der Waals surface area contributed by atoms with E-state index in [2.05, 4.69) is 20.0 Å². The summed E-state index contributed by atoms with van der Waals surface area (Å²) in [4.78, 5) is 7.74. The normalized spacial score (nSPS) is 11.3. The molecule has 1 rings (SSSR count). The van der Waals surface area contributed by atoms with Crippen molar-refractivity contribution in [1.29, 1.82) is 0 Å². The number of ether oxygens (including phenoxy) is 2. The van der Waals surface area contributed by atoms with Gasteiger partial charge in [-0.3, -0.25) is 0 Å². The van der Waals surface area contributed by atoms with Crippen molar-refractivity contribution >= 4 is 5.95 Å². The lowest BCUT2D eigenvalue weighted by molar-refractivity contribution is -0.172. The van der Waals surface area contributed by atoms with E-state index in [1.807, 2.05) is 0 Å². The summed E-state index contributed by atoms with van der Waals surface area (Å²) in [5.41, 5.74) is 0. The van der Waals surface area contributed by atoms with Crippen LogP contribution < -0.4 is 10.1 Å². The molecule has 0 fully saturated rings. The van der Waals surface area contributed by atoms with Crippen molar-refractivity contribution < 1.29 is 22.6 Å². The molecule has 1 aromatic heterocycles. The van der Waals surface area contributed by atoms with E-state index in [1.165, 1.54) is 19.5 Å². The number of nitrogens with one attached hydrogen (secondary N) is 1. The third-order valence-corrected chi connectivity index (χ3v) is 1.66. The van der Waals surface area contributed by atoms with Gasteiger partial charge in [-0.1, -0.05) is 0 Å². The number of hydrogen-bond donors (Lipinski definition) is 1. The smallest absolute Gasteiger partial charge is 0.411 e. The van der Waals surface area contributed by atoms with Gasteiger partial charge in [-0.2, -0.15) is 13.2 Å². The molecule has 17 heavy (non-hydrogen) atoms. The van der Waals surface area contributed by atoms with E-state index in [0.717, 1.165) is 0 Å². The van der Waals surface area contributed by atoms with Crippen LogP contribution in [0.1, 0.15) is 0 Å². The highest BCUT2D eigenvalue weighted by atomic mass is 19.4. The monoisotopic (exact) mass is 251 g/mol. The van der Waals surface area contributed by atoms with Gasteiger partial charge in [0, 0.05) is 6.54 Å². The summed E-state index contributed by atoms with van der Waals surface area (Å²) in [6.07, 6.45) is -1.39. The van der Waals surface area contributed by atoms with Crippen LogP contribution in [0.2, 0.25) is 0 Å². The van der Waals surface area contributed by atoms with Crippen LogP contribution in [0.25, 0.3) is 0 Å².